The summed E-state index contributed by atoms with van der Waals surface area (Å²) in [6, 6.07) is 1.90. The third-order valence-corrected chi connectivity index (χ3v) is 3.24. The lowest BCUT2D eigenvalue weighted by Crippen LogP contribution is -2.32. The quantitative estimate of drug-likeness (QED) is 0.751. The van der Waals surface area contributed by atoms with Gasteiger partial charge in [0.15, 0.2) is 0 Å². The number of nitrogens with zero attached hydrogens (tertiary/aromatic N) is 3. The zero-order valence-corrected chi connectivity index (χ0v) is 10.8. The van der Waals surface area contributed by atoms with Crippen LogP contribution in [-0.2, 0) is 6.54 Å². The number of unbranched alkanes of at least 4 members (excludes halogenated alkanes) is 2. The lowest BCUT2D eigenvalue weighted by Gasteiger charge is -2.19. The summed E-state index contributed by atoms with van der Waals surface area (Å²) >= 11 is 0. The summed E-state index contributed by atoms with van der Waals surface area (Å²) < 4.78 is 1.86. The third kappa shape index (κ3) is 2.68. The second-order valence-corrected chi connectivity index (χ2v) is 4.75. The minimum atomic E-state index is 0.152. The second kappa shape index (κ2) is 5.34. The Bertz CT molecular complexity index is 397. The van der Waals surface area contributed by atoms with E-state index in [-0.39, 0.29) is 5.91 Å². The Labute approximate surface area is 103 Å². The highest BCUT2D eigenvalue weighted by Gasteiger charge is 2.23. The molecular formula is C13H21N3O. The van der Waals surface area contributed by atoms with E-state index < -0.39 is 0 Å². The van der Waals surface area contributed by atoms with Gasteiger partial charge in [-0.15, -0.1) is 0 Å². The number of carbonyl (C=O) groups is 1. The predicted molar refractivity (Wildman–Crippen MR) is 67.0 cm³/mol. The Kier molecular flexibility index (Phi) is 3.82. The predicted octanol–water partition coefficient (Wildman–Crippen LogP) is 2.23. The fourth-order valence-corrected chi connectivity index (χ4v) is 2.33. The number of rotatable bonds is 4. The van der Waals surface area contributed by atoms with E-state index in [0.717, 1.165) is 43.9 Å². The smallest absolute Gasteiger partial charge is 0.272 e. The van der Waals surface area contributed by atoms with E-state index in [1.54, 1.807) is 0 Å². The highest BCUT2D eigenvalue weighted by molar-refractivity contribution is 5.92. The van der Waals surface area contributed by atoms with Gasteiger partial charge in [-0.2, -0.15) is 5.10 Å². The molecule has 0 fully saturated rings. The molecule has 0 N–H and O–H groups in total. The summed E-state index contributed by atoms with van der Waals surface area (Å²) in [4.78, 5) is 14.3. The zero-order chi connectivity index (χ0) is 12.3. The molecule has 0 aliphatic carbocycles. The Balaban J connectivity index is 2.08. The molecule has 4 nitrogen and oxygen atoms in total. The standard InChI is InChI=1S/C13H21N3O/c1-3-4-5-7-15-8-6-9-16-12(13(15)17)10-11(2)14-16/h10H,3-9H2,1-2H3. The number of carbonyl (C=O) groups excluding carboxylic acids is 1. The molecule has 0 saturated carbocycles. The molecule has 1 aliphatic heterocycles. The van der Waals surface area contributed by atoms with Gasteiger partial charge >= 0.3 is 0 Å². The van der Waals surface area contributed by atoms with E-state index in [1.165, 1.54) is 12.8 Å². The summed E-state index contributed by atoms with van der Waals surface area (Å²) in [7, 11) is 0. The zero-order valence-electron chi connectivity index (χ0n) is 10.8. The van der Waals surface area contributed by atoms with Gasteiger partial charge in [0.05, 0.1) is 5.69 Å². The van der Waals surface area contributed by atoms with Crippen LogP contribution in [0.1, 0.15) is 48.8 Å². The number of hydrogen-bond acceptors (Lipinski definition) is 2. The van der Waals surface area contributed by atoms with Crippen LogP contribution in [0, 0.1) is 6.92 Å². The molecule has 0 aromatic carbocycles. The van der Waals surface area contributed by atoms with Gasteiger partial charge in [0.25, 0.3) is 5.91 Å². The van der Waals surface area contributed by atoms with Gasteiger partial charge in [0.1, 0.15) is 5.69 Å². The normalized spacial score (nSPS) is 15.9. The van der Waals surface area contributed by atoms with Crippen LogP contribution in [0.5, 0.6) is 0 Å². The van der Waals surface area contributed by atoms with Crippen LogP contribution < -0.4 is 0 Å². The summed E-state index contributed by atoms with van der Waals surface area (Å²) in [5, 5.41) is 4.36. The lowest BCUT2D eigenvalue weighted by atomic mass is 10.2. The topological polar surface area (TPSA) is 38.1 Å². The Hall–Kier alpha value is -1.32. The summed E-state index contributed by atoms with van der Waals surface area (Å²) in [6.07, 6.45) is 4.50. The molecule has 17 heavy (non-hydrogen) atoms. The molecule has 0 unspecified atom stereocenters. The van der Waals surface area contributed by atoms with Crippen molar-refractivity contribution in [2.45, 2.75) is 46.1 Å². The van der Waals surface area contributed by atoms with Crippen LogP contribution in [0.3, 0.4) is 0 Å². The lowest BCUT2D eigenvalue weighted by molar-refractivity contribution is 0.0754. The molecule has 0 spiro atoms. The first-order valence-electron chi connectivity index (χ1n) is 6.56. The summed E-state index contributed by atoms with van der Waals surface area (Å²) in [5.74, 6) is 0.152. The van der Waals surface area contributed by atoms with Gasteiger partial charge in [0.2, 0.25) is 0 Å². The van der Waals surface area contributed by atoms with E-state index in [2.05, 4.69) is 12.0 Å². The average molecular weight is 235 g/mol. The highest BCUT2D eigenvalue weighted by Crippen LogP contribution is 2.14. The Morgan fingerprint density at radius 2 is 2.18 bits per heavy atom. The maximum atomic E-state index is 12.3. The van der Waals surface area contributed by atoms with E-state index in [4.69, 9.17) is 0 Å². The fraction of sp³-hybridized carbons (Fsp3) is 0.692. The van der Waals surface area contributed by atoms with Crippen LogP contribution in [0.25, 0.3) is 0 Å². The fourth-order valence-electron chi connectivity index (χ4n) is 2.33. The Morgan fingerprint density at radius 3 is 2.94 bits per heavy atom. The van der Waals surface area contributed by atoms with Crippen LogP contribution in [0.2, 0.25) is 0 Å². The molecule has 1 amide bonds. The average Bonchev–Trinajstić information content (AvgIpc) is 2.61. The van der Waals surface area contributed by atoms with Crippen molar-refractivity contribution in [3.63, 3.8) is 0 Å². The van der Waals surface area contributed by atoms with Crippen molar-refractivity contribution in [2.75, 3.05) is 13.1 Å². The molecule has 94 valence electrons. The number of aryl methyl sites for hydroxylation is 2. The first kappa shape index (κ1) is 12.1. The minimum Gasteiger partial charge on any atom is -0.337 e. The second-order valence-electron chi connectivity index (χ2n) is 4.75. The molecule has 0 saturated heterocycles. The first-order chi connectivity index (χ1) is 8.22. The highest BCUT2D eigenvalue weighted by atomic mass is 16.2. The van der Waals surface area contributed by atoms with Gasteiger partial charge in [-0.1, -0.05) is 19.8 Å². The van der Waals surface area contributed by atoms with Crippen LogP contribution >= 0.6 is 0 Å². The largest absolute Gasteiger partial charge is 0.337 e. The van der Waals surface area contributed by atoms with Gasteiger partial charge in [0, 0.05) is 19.6 Å². The number of hydrogen-bond donors (Lipinski definition) is 0. The van der Waals surface area contributed by atoms with Crippen LogP contribution in [-0.4, -0.2) is 33.7 Å². The van der Waals surface area contributed by atoms with Gasteiger partial charge in [-0.25, -0.2) is 0 Å². The van der Waals surface area contributed by atoms with Crippen molar-refractivity contribution >= 4 is 5.91 Å². The molecule has 2 rings (SSSR count). The van der Waals surface area contributed by atoms with E-state index in [9.17, 15) is 4.79 Å². The maximum absolute atomic E-state index is 12.3. The van der Waals surface area contributed by atoms with E-state index in [0.29, 0.717) is 0 Å². The van der Waals surface area contributed by atoms with Crippen molar-refractivity contribution in [3.05, 3.63) is 17.5 Å². The number of fused-ring (bicyclic) bond motifs is 1. The van der Waals surface area contributed by atoms with Crippen molar-refractivity contribution in [1.82, 2.24) is 14.7 Å². The molecule has 1 aromatic heterocycles. The molecule has 1 aliphatic rings. The van der Waals surface area contributed by atoms with E-state index in [1.807, 2.05) is 22.6 Å². The molecular weight excluding hydrogens is 214 g/mol. The third-order valence-electron chi connectivity index (χ3n) is 3.24. The van der Waals surface area contributed by atoms with Gasteiger partial charge in [-0.05, 0) is 25.8 Å². The minimum absolute atomic E-state index is 0.152. The SMILES string of the molecule is CCCCCN1CCCn2nc(C)cc2C1=O. The van der Waals surface area contributed by atoms with E-state index >= 15 is 0 Å². The van der Waals surface area contributed by atoms with Crippen molar-refractivity contribution in [2.24, 2.45) is 0 Å². The Morgan fingerprint density at radius 1 is 1.35 bits per heavy atom. The van der Waals surface area contributed by atoms with Crippen LogP contribution in [0.15, 0.2) is 6.07 Å². The van der Waals surface area contributed by atoms with Gasteiger partial charge in [-0.3, -0.25) is 9.48 Å². The molecule has 1 aromatic rings. The molecule has 4 heteroatoms. The monoisotopic (exact) mass is 235 g/mol. The van der Waals surface area contributed by atoms with Crippen molar-refractivity contribution in [1.29, 1.82) is 0 Å². The number of amides is 1. The summed E-state index contributed by atoms with van der Waals surface area (Å²) in [5.41, 5.74) is 1.69. The van der Waals surface area contributed by atoms with Crippen LogP contribution in [0.4, 0.5) is 0 Å². The number of aromatic nitrogens is 2. The summed E-state index contributed by atoms with van der Waals surface area (Å²) in [6.45, 7) is 6.74. The maximum Gasteiger partial charge on any atom is 0.272 e. The van der Waals surface area contributed by atoms with Crippen molar-refractivity contribution in [3.8, 4) is 0 Å². The first-order valence-corrected chi connectivity index (χ1v) is 6.56. The van der Waals surface area contributed by atoms with Gasteiger partial charge < -0.3 is 4.90 Å². The molecule has 0 atom stereocenters. The van der Waals surface area contributed by atoms with Crippen molar-refractivity contribution < 1.29 is 4.79 Å². The molecule has 0 radical (unpaired) electrons. The molecule has 0 bridgehead atoms. The molecule has 2 heterocycles.